The molecule has 4 rings (SSSR count). The number of anilines is 1. The molecule has 106 valence electrons. The van der Waals surface area contributed by atoms with Crippen molar-refractivity contribution in [3.8, 4) is 0 Å². The second-order valence-electron chi connectivity index (χ2n) is 6.78. The first kappa shape index (κ1) is 12.4. The summed E-state index contributed by atoms with van der Waals surface area (Å²) in [6.07, 6.45) is 4.13. The third-order valence-corrected chi connectivity index (χ3v) is 5.91. The van der Waals surface area contributed by atoms with Crippen LogP contribution in [0.3, 0.4) is 0 Å². The van der Waals surface area contributed by atoms with Crippen LogP contribution >= 0.6 is 0 Å². The van der Waals surface area contributed by atoms with Crippen molar-refractivity contribution in [2.45, 2.75) is 25.8 Å². The lowest BCUT2D eigenvalue weighted by molar-refractivity contribution is -0.120. The number of carbonyl (C=O) groups excluding carboxylic acids is 1. The highest BCUT2D eigenvalue weighted by Gasteiger charge is 2.67. The fourth-order valence-corrected chi connectivity index (χ4v) is 4.86. The zero-order valence-electron chi connectivity index (χ0n) is 12.0. The Morgan fingerprint density at radius 1 is 1.20 bits per heavy atom. The van der Waals surface area contributed by atoms with Crippen molar-refractivity contribution in [1.82, 2.24) is 0 Å². The summed E-state index contributed by atoms with van der Waals surface area (Å²) in [5, 5.41) is 0. The van der Waals surface area contributed by atoms with E-state index in [0.717, 1.165) is 23.1 Å². The van der Waals surface area contributed by atoms with Gasteiger partial charge in [-0.2, -0.15) is 0 Å². The molecule has 1 aromatic carbocycles. The van der Waals surface area contributed by atoms with Gasteiger partial charge < -0.3 is 10.6 Å². The van der Waals surface area contributed by atoms with Crippen LogP contribution in [0, 0.1) is 29.6 Å². The number of hydrogen-bond donors (Lipinski definition) is 1. The summed E-state index contributed by atoms with van der Waals surface area (Å²) < 4.78 is 0. The minimum Gasteiger partial charge on any atom is -0.326 e. The molecule has 3 heteroatoms. The fourth-order valence-electron chi connectivity index (χ4n) is 4.86. The summed E-state index contributed by atoms with van der Waals surface area (Å²) in [5.74, 6) is 3.79. The van der Waals surface area contributed by atoms with Crippen molar-refractivity contribution >= 4 is 11.6 Å². The standard InChI is InChI=1S/C17H22N2O/c1-19(13-6-2-10(9-18)3-7-13)17(20)16-14-11-4-5-12(8-11)15(14)16/h2-3,6-7,11-12,14-16H,4-5,8-9,18H2,1H3. The minimum absolute atomic E-state index is 0.320. The Morgan fingerprint density at radius 2 is 1.80 bits per heavy atom. The number of carbonyl (C=O) groups is 1. The molecule has 0 saturated heterocycles. The van der Waals surface area contributed by atoms with Crippen molar-refractivity contribution in [2.75, 3.05) is 11.9 Å². The Bertz CT molecular complexity index is 522. The van der Waals surface area contributed by atoms with Gasteiger partial charge in [0.25, 0.3) is 0 Å². The molecule has 0 spiro atoms. The van der Waals surface area contributed by atoms with Gasteiger partial charge in [-0.1, -0.05) is 12.1 Å². The molecule has 3 aliphatic carbocycles. The minimum atomic E-state index is 0.320. The molecule has 3 aliphatic rings. The van der Waals surface area contributed by atoms with Crippen LogP contribution in [0.1, 0.15) is 24.8 Å². The van der Waals surface area contributed by atoms with E-state index in [4.69, 9.17) is 5.73 Å². The molecule has 1 amide bonds. The Morgan fingerprint density at radius 3 is 2.35 bits per heavy atom. The van der Waals surface area contributed by atoms with Gasteiger partial charge in [-0.25, -0.2) is 0 Å². The highest BCUT2D eigenvalue weighted by atomic mass is 16.2. The SMILES string of the molecule is CN(C(=O)C1C2C3CCC(C3)C12)c1ccc(CN)cc1. The number of nitrogens with zero attached hydrogens (tertiary/aromatic N) is 1. The molecule has 3 fully saturated rings. The van der Waals surface area contributed by atoms with Gasteiger partial charge in [0.1, 0.15) is 0 Å². The molecular weight excluding hydrogens is 248 g/mol. The van der Waals surface area contributed by atoms with Crippen LogP contribution in [0.5, 0.6) is 0 Å². The van der Waals surface area contributed by atoms with Gasteiger partial charge in [0, 0.05) is 25.2 Å². The lowest BCUT2D eigenvalue weighted by atomic mass is 10.0. The normalized spacial score (nSPS) is 36.8. The van der Waals surface area contributed by atoms with E-state index < -0.39 is 0 Å². The molecule has 2 N–H and O–H groups in total. The van der Waals surface area contributed by atoms with Crippen molar-refractivity contribution in [1.29, 1.82) is 0 Å². The number of hydrogen-bond acceptors (Lipinski definition) is 2. The molecule has 0 radical (unpaired) electrons. The van der Waals surface area contributed by atoms with E-state index in [1.807, 2.05) is 36.2 Å². The Balaban J connectivity index is 1.49. The van der Waals surface area contributed by atoms with Crippen LogP contribution in [0.2, 0.25) is 0 Å². The summed E-state index contributed by atoms with van der Waals surface area (Å²) in [4.78, 5) is 14.5. The zero-order valence-corrected chi connectivity index (χ0v) is 12.0. The first-order chi connectivity index (χ1) is 9.70. The summed E-state index contributed by atoms with van der Waals surface area (Å²) in [6.45, 7) is 0.550. The smallest absolute Gasteiger partial charge is 0.230 e. The molecule has 0 heterocycles. The predicted molar refractivity (Wildman–Crippen MR) is 79.0 cm³/mol. The number of amides is 1. The van der Waals surface area contributed by atoms with Crippen LogP contribution in [0.25, 0.3) is 0 Å². The molecule has 3 saturated carbocycles. The number of rotatable bonds is 3. The van der Waals surface area contributed by atoms with Crippen molar-refractivity contribution in [3.63, 3.8) is 0 Å². The average Bonchev–Trinajstić information content (AvgIpc) is 2.93. The number of fused-ring (bicyclic) bond motifs is 5. The fraction of sp³-hybridized carbons (Fsp3) is 0.588. The largest absolute Gasteiger partial charge is 0.326 e. The summed E-state index contributed by atoms with van der Waals surface area (Å²) in [7, 11) is 1.91. The molecule has 4 unspecified atom stereocenters. The van der Waals surface area contributed by atoms with Crippen LogP contribution in [0.4, 0.5) is 5.69 Å². The molecule has 2 bridgehead atoms. The maximum absolute atomic E-state index is 12.7. The number of benzene rings is 1. The van der Waals surface area contributed by atoms with Gasteiger partial charge in [-0.15, -0.1) is 0 Å². The monoisotopic (exact) mass is 270 g/mol. The van der Waals surface area contributed by atoms with Crippen LogP contribution in [-0.2, 0) is 11.3 Å². The van der Waals surface area contributed by atoms with Gasteiger partial charge in [0.05, 0.1) is 0 Å². The molecule has 20 heavy (non-hydrogen) atoms. The summed E-state index contributed by atoms with van der Waals surface area (Å²) >= 11 is 0. The predicted octanol–water partition coefficient (Wildman–Crippen LogP) is 2.40. The highest BCUT2D eigenvalue weighted by molar-refractivity contribution is 5.97. The van der Waals surface area contributed by atoms with Gasteiger partial charge >= 0.3 is 0 Å². The molecule has 1 aromatic rings. The van der Waals surface area contributed by atoms with E-state index in [-0.39, 0.29) is 0 Å². The quantitative estimate of drug-likeness (QED) is 0.916. The lowest BCUT2D eigenvalue weighted by Crippen LogP contribution is -2.30. The first-order valence-corrected chi connectivity index (χ1v) is 7.77. The van der Waals surface area contributed by atoms with Gasteiger partial charge in [-0.3, -0.25) is 4.79 Å². The van der Waals surface area contributed by atoms with Gasteiger partial charge in [0.2, 0.25) is 5.91 Å². The Hall–Kier alpha value is -1.35. The van der Waals surface area contributed by atoms with Crippen molar-refractivity contribution in [3.05, 3.63) is 29.8 Å². The summed E-state index contributed by atoms with van der Waals surface area (Å²) in [6, 6.07) is 8.03. The van der Waals surface area contributed by atoms with Crippen molar-refractivity contribution < 1.29 is 4.79 Å². The zero-order chi connectivity index (χ0) is 13.9. The van der Waals surface area contributed by atoms with Gasteiger partial charge in [0.15, 0.2) is 0 Å². The second kappa shape index (κ2) is 4.32. The molecule has 4 atom stereocenters. The first-order valence-electron chi connectivity index (χ1n) is 7.77. The van der Waals surface area contributed by atoms with E-state index >= 15 is 0 Å². The molecule has 3 nitrogen and oxygen atoms in total. The average molecular weight is 270 g/mol. The van der Waals surface area contributed by atoms with E-state index in [2.05, 4.69) is 0 Å². The Labute approximate surface area is 120 Å². The Kier molecular flexibility index (Phi) is 2.68. The molecular formula is C17H22N2O. The topological polar surface area (TPSA) is 46.3 Å². The maximum atomic E-state index is 12.7. The lowest BCUT2D eigenvalue weighted by Gasteiger charge is -2.19. The number of nitrogens with two attached hydrogens (primary N) is 1. The third kappa shape index (κ3) is 1.65. The van der Waals surface area contributed by atoms with Crippen LogP contribution < -0.4 is 10.6 Å². The highest BCUT2D eigenvalue weighted by Crippen LogP contribution is 2.69. The van der Waals surface area contributed by atoms with E-state index in [1.54, 1.807) is 0 Å². The van der Waals surface area contributed by atoms with E-state index in [1.165, 1.54) is 19.3 Å². The maximum Gasteiger partial charge on any atom is 0.230 e. The second-order valence-corrected chi connectivity index (χ2v) is 6.78. The van der Waals surface area contributed by atoms with E-state index in [0.29, 0.717) is 30.2 Å². The molecule has 0 aromatic heterocycles. The van der Waals surface area contributed by atoms with Gasteiger partial charge in [-0.05, 0) is 60.6 Å². The van der Waals surface area contributed by atoms with Crippen LogP contribution in [0.15, 0.2) is 24.3 Å². The molecule has 0 aliphatic heterocycles. The van der Waals surface area contributed by atoms with Crippen LogP contribution in [-0.4, -0.2) is 13.0 Å². The third-order valence-electron chi connectivity index (χ3n) is 5.91. The van der Waals surface area contributed by atoms with Crippen molar-refractivity contribution in [2.24, 2.45) is 35.3 Å². The van der Waals surface area contributed by atoms with E-state index in [9.17, 15) is 4.79 Å². The summed E-state index contributed by atoms with van der Waals surface area (Å²) in [5.41, 5.74) is 7.71.